The van der Waals surface area contributed by atoms with Gasteiger partial charge in [-0.05, 0) is 87.7 Å². The highest BCUT2D eigenvalue weighted by Crippen LogP contribution is 2.36. The Morgan fingerprint density at radius 3 is 1.80 bits per heavy atom. The van der Waals surface area contributed by atoms with Crippen LogP contribution in [0.4, 0.5) is 0 Å². The largest absolute Gasteiger partial charge is 0.506 e. The average molecular weight is 681 g/mol. The van der Waals surface area contributed by atoms with Crippen molar-refractivity contribution in [1.29, 1.82) is 0 Å². The molecule has 0 radical (unpaired) electrons. The van der Waals surface area contributed by atoms with E-state index in [9.17, 15) is 29.7 Å². The fourth-order valence-electron chi connectivity index (χ4n) is 2.54. The molecule has 3 N–H and O–H groups in total. The van der Waals surface area contributed by atoms with Gasteiger partial charge in [0.05, 0.1) is 12.8 Å². The van der Waals surface area contributed by atoms with Crippen molar-refractivity contribution in [3.63, 3.8) is 0 Å². The smallest absolute Gasteiger partial charge is 0.341 e. The molecule has 0 aliphatic heterocycles. The van der Waals surface area contributed by atoms with E-state index in [1.807, 2.05) is 67.8 Å². The number of rotatable bonds is 3. The average Bonchev–Trinajstić information content (AvgIpc) is 2.47. The Kier molecular flexibility index (Phi) is 6.03. The van der Waals surface area contributed by atoms with E-state index in [0.717, 1.165) is 0 Å². The summed E-state index contributed by atoms with van der Waals surface area (Å²) < 4.78 is 3.10. The number of aromatic carboxylic acids is 2. The third-order valence-corrected chi connectivity index (χ3v) is 6.29. The molecular weight excluding hydrogens is 671 g/mol. The van der Waals surface area contributed by atoms with Crippen molar-refractivity contribution in [1.82, 2.24) is 4.57 Å². The lowest BCUT2D eigenvalue weighted by atomic mass is 10.1. The molecule has 0 spiro atoms. The predicted molar refractivity (Wildman–Crippen MR) is 115 cm³/mol. The number of carbonyl (C=O) groups is 2. The lowest BCUT2D eigenvalue weighted by Gasteiger charge is -2.21. The van der Waals surface area contributed by atoms with Gasteiger partial charge in [-0.1, -0.05) is 0 Å². The third kappa shape index (κ3) is 3.39. The number of aromatic nitrogens is 1. The number of hydrogen-bond acceptors (Lipinski definition) is 4. The van der Waals surface area contributed by atoms with Gasteiger partial charge >= 0.3 is 11.9 Å². The van der Waals surface area contributed by atoms with Crippen LogP contribution in [0.3, 0.4) is 0 Å². The van der Waals surface area contributed by atoms with Crippen LogP contribution in [-0.2, 0) is 0 Å². The lowest BCUT2D eigenvalue weighted by molar-refractivity contribution is 0.0692. The minimum Gasteiger partial charge on any atom is -0.506 e. The molecule has 0 atom stereocenters. The number of carboxylic acid groups (broad SMARTS) is 2. The first-order valence-corrected chi connectivity index (χ1v) is 9.83. The van der Waals surface area contributed by atoms with E-state index in [2.05, 4.69) is 0 Å². The number of carboxylic acids is 2. The molecule has 25 heavy (non-hydrogen) atoms. The highest BCUT2D eigenvalue weighted by molar-refractivity contribution is 14.1. The number of nitrogens with zero attached hydrogens (tertiary/aromatic N) is 1. The zero-order valence-corrected chi connectivity index (χ0v) is 19.2. The van der Waals surface area contributed by atoms with Crippen molar-refractivity contribution < 1.29 is 24.9 Å². The Labute approximate surface area is 182 Å². The van der Waals surface area contributed by atoms with Crippen LogP contribution < -0.4 is 5.43 Å². The fourth-order valence-corrected chi connectivity index (χ4v) is 6.40. The molecule has 0 amide bonds. The second-order valence-electron chi connectivity index (χ2n) is 5.05. The fraction of sp³-hybridized carbons (Fsp3) is 0.133. The van der Waals surface area contributed by atoms with Gasteiger partial charge < -0.3 is 19.9 Å². The molecule has 1 aromatic heterocycles. The molecule has 0 bridgehead atoms. The second kappa shape index (κ2) is 7.38. The molecule has 0 saturated carbocycles. The SMILES string of the molecule is Cc1c(C(=O)O)c(=O)c(C(=O)O)c(C)n1-c1c(I)cc(I)c(O)c1I. The van der Waals surface area contributed by atoms with Crippen LogP contribution in [0.25, 0.3) is 5.69 Å². The first-order chi connectivity index (χ1) is 11.5. The number of aromatic hydroxyl groups is 1. The lowest BCUT2D eigenvalue weighted by Crippen LogP contribution is -2.30. The van der Waals surface area contributed by atoms with Gasteiger partial charge in [-0.25, -0.2) is 9.59 Å². The zero-order valence-electron chi connectivity index (χ0n) is 12.7. The molecule has 7 nitrogen and oxygen atoms in total. The van der Waals surface area contributed by atoms with Gasteiger partial charge in [-0.3, -0.25) is 4.79 Å². The van der Waals surface area contributed by atoms with Crippen molar-refractivity contribution in [2.24, 2.45) is 0 Å². The minimum absolute atomic E-state index is 0.00265. The number of phenols is 1. The predicted octanol–water partition coefficient (Wildman–Crippen LogP) is 3.37. The van der Waals surface area contributed by atoms with Gasteiger partial charge in [0.1, 0.15) is 16.9 Å². The topological polar surface area (TPSA) is 117 Å². The number of phenolic OH excluding ortho intramolecular Hbond substituents is 1. The normalized spacial score (nSPS) is 10.8. The number of pyridine rings is 1. The molecule has 0 unspecified atom stereocenters. The number of hydrogen-bond donors (Lipinski definition) is 3. The third-order valence-electron chi connectivity index (χ3n) is 3.62. The van der Waals surface area contributed by atoms with E-state index in [-0.39, 0.29) is 17.1 Å². The van der Waals surface area contributed by atoms with Gasteiger partial charge in [0, 0.05) is 15.0 Å². The summed E-state index contributed by atoms with van der Waals surface area (Å²) in [4.78, 5) is 35.4. The van der Waals surface area contributed by atoms with Gasteiger partial charge in [-0.2, -0.15) is 0 Å². The van der Waals surface area contributed by atoms with E-state index >= 15 is 0 Å². The van der Waals surface area contributed by atoms with Crippen molar-refractivity contribution in [2.45, 2.75) is 13.8 Å². The van der Waals surface area contributed by atoms with E-state index in [1.54, 1.807) is 6.07 Å². The Balaban J connectivity index is 3.13. The van der Waals surface area contributed by atoms with Gasteiger partial charge in [0.15, 0.2) is 0 Å². The second-order valence-corrected chi connectivity index (χ2v) is 8.45. The van der Waals surface area contributed by atoms with Crippen molar-refractivity contribution >= 4 is 79.7 Å². The van der Waals surface area contributed by atoms with Crippen LogP contribution in [-0.4, -0.2) is 31.8 Å². The molecule has 0 saturated heterocycles. The van der Waals surface area contributed by atoms with Crippen molar-refractivity contribution in [3.05, 3.63) is 49.5 Å². The molecule has 0 fully saturated rings. The highest BCUT2D eigenvalue weighted by atomic mass is 127. The van der Waals surface area contributed by atoms with E-state index in [1.165, 1.54) is 18.4 Å². The summed E-state index contributed by atoms with van der Waals surface area (Å²) in [5.41, 5.74) is -1.63. The Morgan fingerprint density at radius 1 is 0.960 bits per heavy atom. The molecule has 1 aromatic carbocycles. The van der Waals surface area contributed by atoms with Crippen LogP contribution in [0.2, 0.25) is 0 Å². The number of halogens is 3. The molecule has 1 heterocycles. The molecule has 2 aromatic rings. The van der Waals surface area contributed by atoms with Crippen LogP contribution in [0, 0.1) is 24.6 Å². The summed E-state index contributed by atoms with van der Waals surface area (Å²) in [5, 5.41) is 29.0. The van der Waals surface area contributed by atoms with Crippen LogP contribution in [0.15, 0.2) is 10.9 Å². The summed E-state index contributed by atoms with van der Waals surface area (Å²) in [6, 6.07) is 1.69. The van der Waals surface area contributed by atoms with Gasteiger partial charge in [0.25, 0.3) is 0 Å². The maximum Gasteiger partial charge on any atom is 0.341 e. The maximum atomic E-state index is 12.3. The molecular formula is C15H10I3NO6. The quantitative estimate of drug-likeness (QED) is 0.429. The summed E-state index contributed by atoms with van der Waals surface area (Å²) in [7, 11) is 0. The van der Waals surface area contributed by atoms with Crippen molar-refractivity contribution in [2.75, 3.05) is 0 Å². The highest BCUT2D eigenvalue weighted by Gasteiger charge is 2.28. The first kappa shape index (κ1) is 20.4. The van der Waals surface area contributed by atoms with Gasteiger partial charge in [-0.15, -0.1) is 0 Å². The Bertz CT molecular complexity index is 952. The molecule has 10 heteroatoms. The standard InChI is InChI=1S/C15H10I3NO6/c1-4-8(14(22)23)13(21)9(15(24)25)5(2)19(4)11-6(16)3-7(17)12(20)10(11)18/h3,20H,1-2H3,(H,22,23)(H,24,25). The van der Waals surface area contributed by atoms with Gasteiger partial charge in [0.2, 0.25) is 5.43 Å². The Morgan fingerprint density at radius 2 is 1.40 bits per heavy atom. The monoisotopic (exact) mass is 681 g/mol. The van der Waals surface area contributed by atoms with Crippen LogP contribution >= 0.6 is 67.8 Å². The van der Waals surface area contributed by atoms with E-state index in [4.69, 9.17) is 0 Å². The first-order valence-electron chi connectivity index (χ1n) is 6.60. The van der Waals surface area contributed by atoms with E-state index in [0.29, 0.717) is 16.4 Å². The van der Waals surface area contributed by atoms with Crippen LogP contribution in [0.1, 0.15) is 32.1 Å². The summed E-state index contributed by atoms with van der Waals surface area (Å²) in [6.45, 7) is 2.87. The van der Waals surface area contributed by atoms with Crippen LogP contribution in [0.5, 0.6) is 5.75 Å². The zero-order chi connectivity index (χ0) is 19.2. The molecule has 2 rings (SSSR count). The summed E-state index contributed by atoms with van der Waals surface area (Å²) >= 11 is 5.89. The summed E-state index contributed by atoms with van der Waals surface area (Å²) in [6.07, 6.45) is 0. The molecule has 0 aliphatic rings. The Hall–Kier alpha value is -0.900. The van der Waals surface area contributed by atoms with E-state index < -0.39 is 28.5 Å². The number of benzene rings is 1. The molecule has 0 aliphatic carbocycles. The van der Waals surface area contributed by atoms with Crippen molar-refractivity contribution in [3.8, 4) is 11.4 Å². The summed E-state index contributed by atoms with van der Waals surface area (Å²) in [5.74, 6) is -3.00. The molecule has 132 valence electrons. The minimum atomic E-state index is -1.50. The maximum absolute atomic E-state index is 12.3.